The molecular weight excluding hydrogens is 146 g/mol. The van der Waals surface area contributed by atoms with Crippen molar-refractivity contribution in [1.82, 2.24) is 0 Å². The zero-order valence-electron chi connectivity index (χ0n) is 7.72. The molecule has 1 aliphatic carbocycles. The first-order valence-electron chi connectivity index (χ1n) is 4.57. The largest absolute Gasteiger partial charge is 0.399 e. The molecule has 1 aliphatic rings. The van der Waals surface area contributed by atoms with Crippen molar-refractivity contribution >= 4 is 5.69 Å². The van der Waals surface area contributed by atoms with Crippen LogP contribution in [0.4, 0.5) is 5.69 Å². The van der Waals surface area contributed by atoms with Gasteiger partial charge in [0.25, 0.3) is 0 Å². The first-order chi connectivity index (χ1) is 5.68. The maximum absolute atomic E-state index is 5.84. The number of nitrogen functional groups attached to an aromatic ring is 1. The lowest BCUT2D eigenvalue weighted by Crippen LogP contribution is -1.94. The molecule has 0 radical (unpaired) electrons. The second-order valence-corrected chi connectivity index (χ2v) is 3.85. The monoisotopic (exact) mass is 161 g/mol. The lowest BCUT2D eigenvalue weighted by atomic mass is 10.0. The number of anilines is 1. The number of fused-ring (bicyclic) bond motifs is 1. The molecule has 0 bridgehead atoms. The summed E-state index contributed by atoms with van der Waals surface area (Å²) in [5.41, 5.74) is 11.0. The zero-order valence-corrected chi connectivity index (χ0v) is 7.72. The molecule has 1 nitrogen and oxygen atoms in total. The molecule has 0 heterocycles. The van der Waals surface area contributed by atoms with E-state index in [9.17, 15) is 0 Å². The van der Waals surface area contributed by atoms with Gasteiger partial charge >= 0.3 is 0 Å². The maximum Gasteiger partial charge on any atom is 0.0346 e. The number of hydrogen-bond acceptors (Lipinski definition) is 1. The van der Waals surface area contributed by atoms with Crippen LogP contribution in [-0.4, -0.2) is 0 Å². The van der Waals surface area contributed by atoms with Crippen LogP contribution >= 0.6 is 0 Å². The second kappa shape index (κ2) is 2.51. The number of rotatable bonds is 0. The molecule has 0 amide bonds. The normalized spacial score (nSPS) is 21.0. The summed E-state index contributed by atoms with van der Waals surface area (Å²) < 4.78 is 0. The van der Waals surface area contributed by atoms with Crippen LogP contribution in [0.5, 0.6) is 0 Å². The van der Waals surface area contributed by atoms with Crippen molar-refractivity contribution < 1.29 is 0 Å². The van der Waals surface area contributed by atoms with Crippen molar-refractivity contribution in [3.8, 4) is 0 Å². The SMILES string of the molecule is Cc1cc2c(cc1N)CCC2C. The summed E-state index contributed by atoms with van der Waals surface area (Å²) in [5, 5.41) is 0. The Morgan fingerprint density at radius 1 is 1.42 bits per heavy atom. The van der Waals surface area contributed by atoms with Crippen molar-refractivity contribution in [1.29, 1.82) is 0 Å². The van der Waals surface area contributed by atoms with Crippen LogP contribution in [0, 0.1) is 6.92 Å². The Morgan fingerprint density at radius 3 is 2.92 bits per heavy atom. The molecule has 1 heteroatoms. The van der Waals surface area contributed by atoms with E-state index in [1.807, 2.05) is 0 Å². The van der Waals surface area contributed by atoms with E-state index in [1.165, 1.54) is 29.5 Å². The van der Waals surface area contributed by atoms with Gasteiger partial charge in [-0.2, -0.15) is 0 Å². The van der Waals surface area contributed by atoms with Crippen LogP contribution in [0.1, 0.15) is 36.0 Å². The molecule has 0 fully saturated rings. The van der Waals surface area contributed by atoms with Gasteiger partial charge in [-0.25, -0.2) is 0 Å². The van der Waals surface area contributed by atoms with Gasteiger partial charge in [0.2, 0.25) is 0 Å². The van der Waals surface area contributed by atoms with Gasteiger partial charge in [-0.05, 0) is 48.4 Å². The number of hydrogen-bond donors (Lipinski definition) is 1. The van der Waals surface area contributed by atoms with Crippen molar-refractivity contribution in [3.63, 3.8) is 0 Å². The molecule has 1 aromatic carbocycles. The average Bonchev–Trinajstić information content (AvgIpc) is 2.35. The van der Waals surface area contributed by atoms with Crippen LogP contribution in [0.2, 0.25) is 0 Å². The Bertz CT molecular complexity index is 315. The molecule has 2 rings (SSSR count). The van der Waals surface area contributed by atoms with E-state index >= 15 is 0 Å². The lowest BCUT2D eigenvalue weighted by molar-refractivity contribution is 0.747. The number of benzene rings is 1. The Hall–Kier alpha value is -0.980. The smallest absolute Gasteiger partial charge is 0.0346 e. The van der Waals surface area contributed by atoms with Gasteiger partial charge in [-0.15, -0.1) is 0 Å². The Balaban J connectivity index is 2.56. The molecule has 1 aromatic rings. The molecule has 0 aliphatic heterocycles. The van der Waals surface area contributed by atoms with E-state index in [1.54, 1.807) is 0 Å². The van der Waals surface area contributed by atoms with E-state index < -0.39 is 0 Å². The van der Waals surface area contributed by atoms with Gasteiger partial charge in [-0.1, -0.05) is 13.0 Å². The molecule has 0 aromatic heterocycles. The average molecular weight is 161 g/mol. The van der Waals surface area contributed by atoms with Gasteiger partial charge in [0.15, 0.2) is 0 Å². The van der Waals surface area contributed by atoms with E-state index in [0.717, 1.165) is 11.6 Å². The van der Waals surface area contributed by atoms with Gasteiger partial charge in [0, 0.05) is 5.69 Å². The highest BCUT2D eigenvalue weighted by atomic mass is 14.6. The van der Waals surface area contributed by atoms with Crippen LogP contribution in [0.3, 0.4) is 0 Å². The highest BCUT2D eigenvalue weighted by molar-refractivity contribution is 5.53. The first kappa shape index (κ1) is 7.66. The Morgan fingerprint density at radius 2 is 2.17 bits per heavy atom. The molecule has 64 valence electrons. The first-order valence-corrected chi connectivity index (χ1v) is 4.57. The van der Waals surface area contributed by atoms with Crippen molar-refractivity contribution in [2.24, 2.45) is 0 Å². The molecule has 12 heavy (non-hydrogen) atoms. The van der Waals surface area contributed by atoms with Crippen LogP contribution in [-0.2, 0) is 6.42 Å². The lowest BCUT2D eigenvalue weighted by Gasteiger charge is -2.07. The third-order valence-corrected chi connectivity index (χ3v) is 2.91. The highest BCUT2D eigenvalue weighted by Gasteiger charge is 2.18. The minimum Gasteiger partial charge on any atom is -0.399 e. The summed E-state index contributed by atoms with van der Waals surface area (Å²) in [7, 11) is 0. The molecule has 2 N–H and O–H groups in total. The molecule has 0 saturated heterocycles. The quantitative estimate of drug-likeness (QED) is 0.581. The fraction of sp³-hybridized carbons (Fsp3) is 0.455. The highest BCUT2D eigenvalue weighted by Crippen LogP contribution is 2.34. The van der Waals surface area contributed by atoms with Crippen LogP contribution < -0.4 is 5.73 Å². The summed E-state index contributed by atoms with van der Waals surface area (Å²) in [6.45, 7) is 4.38. The van der Waals surface area contributed by atoms with Gasteiger partial charge in [0.1, 0.15) is 0 Å². The minimum atomic E-state index is 0.735. The third-order valence-electron chi connectivity index (χ3n) is 2.91. The van der Waals surface area contributed by atoms with Crippen molar-refractivity contribution in [2.75, 3.05) is 5.73 Å². The van der Waals surface area contributed by atoms with Gasteiger partial charge in [0.05, 0.1) is 0 Å². The third kappa shape index (κ3) is 1.01. The molecule has 0 saturated carbocycles. The minimum absolute atomic E-state index is 0.735. The van der Waals surface area contributed by atoms with Crippen LogP contribution in [0.15, 0.2) is 12.1 Å². The molecule has 1 unspecified atom stereocenters. The van der Waals surface area contributed by atoms with E-state index in [4.69, 9.17) is 5.73 Å². The predicted molar refractivity (Wildman–Crippen MR) is 52.3 cm³/mol. The van der Waals surface area contributed by atoms with Gasteiger partial charge in [-0.3, -0.25) is 0 Å². The van der Waals surface area contributed by atoms with E-state index in [-0.39, 0.29) is 0 Å². The fourth-order valence-electron chi connectivity index (χ4n) is 2.00. The van der Waals surface area contributed by atoms with Crippen LogP contribution in [0.25, 0.3) is 0 Å². The molecule has 1 atom stereocenters. The zero-order chi connectivity index (χ0) is 8.72. The summed E-state index contributed by atoms with van der Waals surface area (Å²) in [6.07, 6.45) is 2.50. The second-order valence-electron chi connectivity index (χ2n) is 3.85. The Labute approximate surface area is 73.6 Å². The maximum atomic E-state index is 5.84. The van der Waals surface area contributed by atoms with Crippen molar-refractivity contribution in [3.05, 3.63) is 28.8 Å². The topological polar surface area (TPSA) is 26.0 Å². The summed E-state index contributed by atoms with van der Waals surface area (Å²) in [6, 6.07) is 4.40. The number of nitrogens with two attached hydrogens (primary N) is 1. The molecule has 0 spiro atoms. The van der Waals surface area contributed by atoms with Crippen molar-refractivity contribution in [2.45, 2.75) is 32.6 Å². The van der Waals surface area contributed by atoms with E-state index in [2.05, 4.69) is 26.0 Å². The summed E-state index contributed by atoms with van der Waals surface area (Å²) >= 11 is 0. The summed E-state index contributed by atoms with van der Waals surface area (Å²) in [4.78, 5) is 0. The predicted octanol–water partition coefficient (Wildman–Crippen LogP) is 2.63. The van der Waals surface area contributed by atoms with E-state index in [0.29, 0.717) is 0 Å². The molecular formula is C11H15N. The summed E-state index contributed by atoms with van der Waals surface area (Å²) in [5.74, 6) is 0.735. The number of aryl methyl sites for hydroxylation is 2. The van der Waals surface area contributed by atoms with Gasteiger partial charge < -0.3 is 5.73 Å². The fourth-order valence-corrected chi connectivity index (χ4v) is 2.00. The standard InChI is InChI=1S/C11H15N/c1-7-3-4-9-6-11(12)8(2)5-10(7)9/h5-7H,3-4,12H2,1-2H3. The Kier molecular flexibility index (Phi) is 1.60.